The predicted molar refractivity (Wildman–Crippen MR) is 75.0 cm³/mol. The minimum Gasteiger partial charge on any atom is -0.312 e. The molecule has 1 aromatic carbocycles. The zero-order chi connectivity index (χ0) is 13.2. The van der Waals surface area contributed by atoms with Crippen molar-refractivity contribution >= 4 is 27.5 Å². The van der Waals surface area contributed by atoms with E-state index in [1.54, 1.807) is 6.07 Å². The smallest absolute Gasteiger partial charge is 0.129 e. The summed E-state index contributed by atoms with van der Waals surface area (Å²) in [5.41, 5.74) is 0.583. The Labute approximate surface area is 116 Å². The first-order chi connectivity index (χ1) is 7.83. The van der Waals surface area contributed by atoms with E-state index in [4.69, 9.17) is 11.6 Å². The van der Waals surface area contributed by atoms with Crippen LogP contribution in [-0.4, -0.2) is 7.05 Å². The van der Waals surface area contributed by atoms with Crippen molar-refractivity contribution in [3.8, 4) is 0 Å². The molecule has 1 atom stereocenters. The maximum atomic E-state index is 14.0. The Morgan fingerprint density at radius 1 is 1.47 bits per heavy atom. The second kappa shape index (κ2) is 5.68. The fourth-order valence-corrected chi connectivity index (χ4v) is 2.42. The predicted octanol–water partition coefficient (Wildman–Crippen LogP) is 4.94. The van der Waals surface area contributed by atoms with Gasteiger partial charge in [-0.1, -0.05) is 32.4 Å². The number of hydrogen-bond acceptors (Lipinski definition) is 1. The Bertz CT molecular complexity index is 407. The molecule has 0 saturated carbocycles. The summed E-state index contributed by atoms with van der Waals surface area (Å²) in [4.78, 5) is 0. The van der Waals surface area contributed by atoms with Gasteiger partial charge in [-0.05, 0) is 46.9 Å². The number of hydrogen-bond donors (Lipinski definition) is 1. The molecule has 0 spiro atoms. The largest absolute Gasteiger partial charge is 0.312 e. The van der Waals surface area contributed by atoms with Gasteiger partial charge >= 0.3 is 0 Å². The quantitative estimate of drug-likeness (QED) is 0.774. The fourth-order valence-electron chi connectivity index (χ4n) is 1.93. The van der Waals surface area contributed by atoms with Crippen LogP contribution in [0.1, 0.15) is 38.8 Å². The van der Waals surface area contributed by atoms with Crippen molar-refractivity contribution in [1.29, 1.82) is 0 Å². The average molecular weight is 323 g/mol. The molecule has 0 aliphatic carbocycles. The van der Waals surface area contributed by atoms with E-state index >= 15 is 0 Å². The minimum absolute atomic E-state index is 0.0350. The van der Waals surface area contributed by atoms with Gasteiger partial charge in [-0.2, -0.15) is 0 Å². The summed E-state index contributed by atoms with van der Waals surface area (Å²) < 4.78 is 14.6. The van der Waals surface area contributed by atoms with Crippen molar-refractivity contribution in [3.63, 3.8) is 0 Å². The fraction of sp³-hybridized carbons (Fsp3) is 0.538. The zero-order valence-electron chi connectivity index (χ0n) is 10.6. The third-order valence-corrected chi connectivity index (χ3v) is 4.53. The van der Waals surface area contributed by atoms with Crippen molar-refractivity contribution in [2.24, 2.45) is 5.41 Å². The lowest BCUT2D eigenvalue weighted by Crippen LogP contribution is -2.32. The van der Waals surface area contributed by atoms with Crippen molar-refractivity contribution in [1.82, 2.24) is 5.32 Å². The molecule has 1 aromatic rings. The van der Waals surface area contributed by atoms with Gasteiger partial charge in [0.25, 0.3) is 0 Å². The number of benzene rings is 1. The lowest BCUT2D eigenvalue weighted by Gasteiger charge is -2.34. The first-order valence-electron chi connectivity index (χ1n) is 5.65. The van der Waals surface area contributed by atoms with E-state index < -0.39 is 0 Å². The first kappa shape index (κ1) is 14.9. The van der Waals surface area contributed by atoms with Gasteiger partial charge in [-0.15, -0.1) is 0 Å². The Kier molecular flexibility index (Phi) is 4.99. The molecule has 4 heteroatoms. The summed E-state index contributed by atoms with van der Waals surface area (Å²) in [6.07, 6.45) is 0.950. The maximum absolute atomic E-state index is 14.0. The van der Waals surface area contributed by atoms with Gasteiger partial charge in [0.2, 0.25) is 0 Å². The SMILES string of the molecule is CCC(C)(C)C(NC)c1cc(Cl)c(Br)cc1F. The molecule has 1 rings (SSSR count). The molecule has 0 aliphatic heterocycles. The summed E-state index contributed by atoms with van der Waals surface area (Å²) in [6, 6.07) is 3.06. The van der Waals surface area contributed by atoms with E-state index in [0.29, 0.717) is 15.1 Å². The number of nitrogens with one attached hydrogen (secondary N) is 1. The summed E-state index contributed by atoms with van der Waals surface area (Å²) in [5.74, 6) is -0.234. The summed E-state index contributed by atoms with van der Waals surface area (Å²) in [5, 5.41) is 3.72. The molecule has 0 radical (unpaired) electrons. The molecule has 1 unspecified atom stereocenters. The van der Waals surface area contributed by atoms with Gasteiger partial charge in [0.1, 0.15) is 5.82 Å². The summed E-state index contributed by atoms with van der Waals surface area (Å²) in [6.45, 7) is 6.33. The van der Waals surface area contributed by atoms with Crippen LogP contribution < -0.4 is 5.32 Å². The summed E-state index contributed by atoms with van der Waals surface area (Å²) in [7, 11) is 1.84. The molecule has 17 heavy (non-hydrogen) atoms. The van der Waals surface area contributed by atoms with Crippen LogP contribution in [0.5, 0.6) is 0 Å². The lowest BCUT2D eigenvalue weighted by molar-refractivity contribution is 0.240. The molecule has 0 saturated heterocycles. The maximum Gasteiger partial charge on any atom is 0.129 e. The van der Waals surface area contributed by atoms with Gasteiger partial charge in [0.15, 0.2) is 0 Å². The van der Waals surface area contributed by atoms with E-state index in [1.807, 2.05) is 7.05 Å². The Morgan fingerprint density at radius 2 is 2.06 bits per heavy atom. The summed E-state index contributed by atoms with van der Waals surface area (Å²) >= 11 is 9.27. The van der Waals surface area contributed by atoms with E-state index in [2.05, 4.69) is 42.0 Å². The first-order valence-corrected chi connectivity index (χ1v) is 6.82. The normalized spacial score (nSPS) is 13.8. The van der Waals surface area contributed by atoms with Gasteiger partial charge in [-0.25, -0.2) is 4.39 Å². The topological polar surface area (TPSA) is 12.0 Å². The molecule has 96 valence electrons. The van der Waals surface area contributed by atoms with Crippen LogP contribution in [-0.2, 0) is 0 Å². The Hall–Kier alpha value is -0.120. The van der Waals surface area contributed by atoms with Crippen LogP contribution >= 0.6 is 27.5 Å². The van der Waals surface area contributed by atoms with Crippen LogP contribution in [0.15, 0.2) is 16.6 Å². The Morgan fingerprint density at radius 3 is 2.53 bits per heavy atom. The highest BCUT2D eigenvalue weighted by molar-refractivity contribution is 9.10. The average Bonchev–Trinajstić information content (AvgIpc) is 2.26. The molecule has 1 N–H and O–H groups in total. The zero-order valence-corrected chi connectivity index (χ0v) is 12.9. The third-order valence-electron chi connectivity index (χ3n) is 3.33. The van der Waals surface area contributed by atoms with Crippen LogP contribution in [0.3, 0.4) is 0 Å². The van der Waals surface area contributed by atoms with E-state index in [9.17, 15) is 4.39 Å². The molecule has 0 amide bonds. The van der Waals surface area contributed by atoms with E-state index in [0.717, 1.165) is 6.42 Å². The van der Waals surface area contributed by atoms with Crippen LogP contribution in [0.2, 0.25) is 5.02 Å². The van der Waals surface area contributed by atoms with E-state index in [-0.39, 0.29) is 17.3 Å². The molecule has 0 aromatic heterocycles. The van der Waals surface area contributed by atoms with Gasteiger partial charge in [0, 0.05) is 16.1 Å². The standard InChI is InChI=1S/C13H18BrClFN/c1-5-13(2,3)12(17-4)8-6-10(15)9(14)7-11(8)16/h6-7,12,17H,5H2,1-4H3. The van der Waals surface area contributed by atoms with E-state index in [1.165, 1.54) is 6.07 Å². The number of rotatable bonds is 4. The molecule has 0 heterocycles. The van der Waals surface area contributed by atoms with Crippen molar-refractivity contribution in [2.45, 2.75) is 33.2 Å². The van der Waals surface area contributed by atoms with Crippen molar-refractivity contribution in [2.75, 3.05) is 7.05 Å². The van der Waals surface area contributed by atoms with Gasteiger partial charge in [-0.3, -0.25) is 0 Å². The highest BCUT2D eigenvalue weighted by atomic mass is 79.9. The van der Waals surface area contributed by atoms with Crippen LogP contribution in [0, 0.1) is 11.2 Å². The van der Waals surface area contributed by atoms with Crippen molar-refractivity contribution < 1.29 is 4.39 Å². The number of halogens is 3. The molecule has 0 aliphatic rings. The highest BCUT2D eigenvalue weighted by Gasteiger charge is 2.30. The molecular weight excluding hydrogens is 305 g/mol. The van der Waals surface area contributed by atoms with Crippen LogP contribution in [0.25, 0.3) is 0 Å². The third kappa shape index (κ3) is 3.21. The molecule has 0 bridgehead atoms. The molecule has 1 nitrogen and oxygen atoms in total. The molecular formula is C13H18BrClFN. The monoisotopic (exact) mass is 321 g/mol. The molecule has 0 fully saturated rings. The Balaban J connectivity index is 3.26. The second-order valence-corrected chi connectivity index (χ2v) is 6.11. The van der Waals surface area contributed by atoms with Gasteiger partial charge in [0.05, 0.1) is 5.02 Å². The minimum atomic E-state index is -0.234. The van der Waals surface area contributed by atoms with Crippen LogP contribution in [0.4, 0.5) is 4.39 Å². The second-order valence-electron chi connectivity index (χ2n) is 4.85. The highest BCUT2D eigenvalue weighted by Crippen LogP contribution is 2.39. The van der Waals surface area contributed by atoms with Crippen molar-refractivity contribution in [3.05, 3.63) is 33.0 Å². The van der Waals surface area contributed by atoms with Gasteiger partial charge < -0.3 is 5.32 Å². The lowest BCUT2D eigenvalue weighted by atomic mass is 9.78.